The molecule has 0 aromatic heterocycles. The Balaban J connectivity index is 1.93. The fraction of sp³-hybridized carbons (Fsp3) is 0.625. The van der Waals surface area contributed by atoms with Gasteiger partial charge in [0.2, 0.25) is 0 Å². The van der Waals surface area contributed by atoms with Crippen LogP contribution in [-0.4, -0.2) is 31.6 Å². The van der Waals surface area contributed by atoms with Gasteiger partial charge < -0.3 is 10.1 Å². The summed E-state index contributed by atoms with van der Waals surface area (Å²) < 4.78 is 5.53. The van der Waals surface area contributed by atoms with E-state index in [9.17, 15) is 0 Å². The first-order valence-electron chi connectivity index (χ1n) is 7.22. The number of thioether (sulfide) groups is 1. The maximum Gasteiger partial charge on any atom is 0.0510 e. The van der Waals surface area contributed by atoms with Crippen LogP contribution in [0, 0.1) is 19.8 Å². The van der Waals surface area contributed by atoms with Gasteiger partial charge in [0.25, 0.3) is 0 Å². The van der Waals surface area contributed by atoms with Gasteiger partial charge in [0.15, 0.2) is 0 Å². The van der Waals surface area contributed by atoms with Crippen molar-refractivity contribution in [3.63, 3.8) is 0 Å². The molecule has 0 bridgehead atoms. The van der Waals surface area contributed by atoms with E-state index in [-0.39, 0.29) is 0 Å². The zero-order valence-electron chi connectivity index (χ0n) is 12.2. The van der Waals surface area contributed by atoms with E-state index in [0.717, 1.165) is 25.5 Å². The molecule has 0 spiro atoms. The van der Waals surface area contributed by atoms with E-state index in [4.69, 9.17) is 4.74 Å². The van der Waals surface area contributed by atoms with E-state index < -0.39 is 0 Å². The van der Waals surface area contributed by atoms with Crippen LogP contribution in [0.3, 0.4) is 0 Å². The molecular weight excluding hydrogens is 254 g/mol. The maximum absolute atomic E-state index is 5.53. The van der Waals surface area contributed by atoms with Gasteiger partial charge in [-0.25, -0.2) is 0 Å². The Morgan fingerprint density at radius 1 is 1.42 bits per heavy atom. The number of hydrogen-bond acceptors (Lipinski definition) is 3. The summed E-state index contributed by atoms with van der Waals surface area (Å²) in [5.74, 6) is 1.81. The molecule has 106 valence electrons. The molecular formula is C16H25NOS. The number of rotatable bonds is 6. The first kappa shape index (κ1) is 14.9. The zero-order valence-corrected chi connectivity index (χ0v) is 13.1. The van der Waals surface area contributed by atoms with Crippen LogP contribution in [0.2, 0.25) is 0 Å². The second-order valence-corrected chi connectivity index (χ2v) is 6.43. The molecule has 19 heavy (non-hydrogen) atoms. The van der Waals surface area contributed by atoms with Crippen molar-refractivity contribution in [1.29, 1.82) is 0 Å². The number of aryl methyl sites for hydroxylation is 2. The monoisotopic (exact) mass is 279 g/mol. The van der Waals surface area contributed by atoms with Crippen molar-refractivity contribution in [2.75, 3.05) is 25.5 Å². The van der Waals surface area contributed by atoms with Crippen molar-refractivity contribution in [2.24, 2.45) is 5.92 Å². The Hall–Kier alpha value is -0.510. The quantitative estimate of drug-likeness (QED) is 0.806. The van der Waals surface area contributed by atoms with Gasteiger partial charge in [-0.2, -0.15) is 0 Å². The Morgan fingerprint density at radius 3 is 2.89 bits per heavy atom. The third-order valence-electron chi connectivity index (χ3n) is 3.75. The average Bonchev–Trinajstić information content (AvgIpc) is 2.90. The van der Waals surface area contributed by atoms with Gasteiger partial charge in [0, 0.05) is 29.2 Å². The first-order chi connectivity index (χ1) is 9.20. The summed E-state index contributed by atoms with van der Waals surface area (Å²) in [6.07, 6.45) is 1.20. The van der Waals surface area contributed by atoms with E-state index in [0.29, 0.717) is 12.0 Å². The summed E-state index contributed by atoms with van der Waals surface area (Å²) in [7, 11) is 0. The molecule has 2 atom stereocenters. The number of benzene rings is 1. The van der Waals surface area contributed by atoms with Crippen LogP contribution in [-0.2, 0) is 4.74 Å². The van der Waals surface area contributed by atoms with Gasteiger partial charge in [0.1, 0.15) is 0 Å². The van der Waals surface area contributed by atoms with Crippen LogP contribution in [0.1, 0.15) is 24.5 Å². The Morgan fingerprint density at radius 2 is 2.26 bits per heavy atom. The lowest BCUT2D eigenvalue weighted by Crippen LogP contribution is -2.38. The van der Waals surface area contributed by atoms with Crippen molar-refractivity contribution < 1.29 is 4.74 Å². The number of hydrogen-bond donors (Lipinski definition) is 1. The van der Waals surface area contributed by atoms with Crippen molar-refractivity contribution in [2.45, 2.75) is 38.1 Å². The molecule has 2 rings (SSSR count). The molecule has 0 saturated carbocycles. The highest BCUT2D eigenvalue weighted by atomic mass is 32.2. The van der Waals surface area contributed by atoms with Gasteiger partial charge in [-0.15, -0.1) is 11.8 Å². The molecule has 0 amide bonds. The smallest absolute Gasteiger partial charge is 0.0510 e. The minimum absolute atomic E-state index is 0.568. The largest absolute Gasteiger partial charge is 0.381 e. The van der Waals surface area contributed by atoms with E-state index in [2.05, 4.69) is 44.3 Å². The number of nitrogens with one attached hydrogen (secondary N) is 1. The third kappa shape index (κ3) is 4.23. The van der Waals surface area contributed by atoms with Gasteiger partial charge in [0.05, 0.1) is 6.61 Å². The van der Waals surface area contributed by atoms with Crippen LogP contribution in [0.25, 0.3) is 0 Å². The fourth-order valence-corrected chi connectivity index (χ4v) is 3.83. The molecule has 1 aromatic rings. The van der Waals surface area contributed by atoms with Crippen LogP contribution in [0.15, 0.2) is 23.1 Å². The molecule has 1 heterocycles. The molecule has 0 radical (unpaired) electrons. The normalized spacial score (nSPS) is 20.7. The first-order valence-corrected chi connectivity index (χ1v) is 8.20. The lowest BCUT2D eigenvalue weighted by atomic mass is 10.0. The fourth-order valence-electron chi connectivity index (χ4n) is 2.63. The van der Waals surface area contributed by atoms with Crippen molar-refractivity contribution in [1.82, 2.24) is 5.32 Å². The van der Waals surface area contributed by atoms with Crippen LogP contribution in [0.5, 0.6) is 0 Å². The van der Waals surface area contributed by atoms with E-state index >= 15 is 0 Å². The number of ether oxygens (including phenoxy) is 1. The summed E-state index contributed by atoms with van der Waals surface area (Å²) in [6, 6.07) is 7.29. The van der Waals surface area contributed by atoms with Crippen molar-refractivity contribution in [3.05, 3.63) is 29.3 Å². The predicted molar refractivity (Wildman–Crippen MR) is 83.0 cm³/mol. The highest BCUT2D eigenvalue weighted by molar-refractivity contribution is 7.99. The summed E-state index contributed by atoms with van der Waals surface area (Å²) in [4.78, 5) is 1.41. The summed E-state index contributed by atoms with van der Waals surface area (Å²) in [5, 5.41) is 3.62. The molecule has 1 saturated heterocycles. The van der Waals surface area contributed by atoms with Crippen LogP contribution >= 0.6 is 11.8 Å². The predicted octanol–water partition coefficient (Wildman–Crippen LogP) is 3.41. The van der Waals surface area contributed by atoms with Crippen LogP contribution in [0.4, 0.5) is 0 Å². The van der Waals surface area contributed by atoms with Crippen molar-refractivity contribution >= 4 is 11.8 Å². The summed E-state index contributed by atoms with van der Waals surface area (Å²) in [5.41, 5.74) is 2.73. The molecule has 1 aliphatic rings. The minimum atomic E-state index is 0.568. The van der Waals surface area contributed by atoms with Gasteiger partial charge in [-0.1, -0.05) is 24.6 Å². The highest BCUT2D eigenvalue weighted by Gasteiger charge is 2.25. The van der Waals surface area contributed by atoms with Gasteiger partial charge in [-0.05, 0) is 38.4 Å². The van der Waals surface area contributed by atoms with E-state index in [1.165, 1.54) is 22.4 Å². The second-order valence-electron chi connectivity index (χ2n) is 5.37. The van der Waals surface area contributed by atoms with E-state index in [1.807, 2.05) is 11.8 Å². The SMILES string of the molecule is CCNC(CSc1ccc(C)cc1C)C1CCOC1. The standard InChI is InChI=1S/C16H25NOS/c1-4-17-15(14-7-8-18-10-14)11-19-16-6-5-12(2)9-13(16)3/h5-6,9,14-15,17H,4,7-8,10-11H2,1-3H3. The summed E-state index contributed by atoms with van der Waals surface area (Å²) >= 11 is 1.97. The Bertz CT molecular complexity index is 402. The molecule has 1 fully saturated rings. The van der Waals surface area contributed by atoms with Crippen molar-refractivity contribution in [3.8, 4) is 0 Å². The maximum atomic E-state index is 5.53. The average molecular weight is 279 g/mol. The van der Waals surface area contributed by atoms with E-state index in [1.54, 1.807) is 0 Å². The molecule has 2 nitrogen and oxygen atoms in total. The summed E-state index contributed by atoms with van der Waals surface area (Å²) in [6.45, 7) is 9.43. The molecule has 1 N–H and O–H groups in total. The third-order valence-corrected chi connectivity index (χ3v) is 5.04. The van der Waals surface area contributed by atoms with Gasteiger partial charge >= 0.3 is 0 Å². The van der Waals surface area contributed by atoms with Crippen LogP contribution < -0.4 is 5.32 Å². The second kappa shape index (κ2) is 7.32. The molecule has 1 aromatic carbocycles. The molecule has 0 aliphatic carbocycles. The zero-order chi connectivity index (χ0) is 13.7. The molecule has 2 unspecified atom stereocenters. The van der Waals surface area contributed by atoms with Gasteiger partial charge in [-0.3, -0.25) is 0 Å². The highest BCUT2D eigenvalue weighted by Crippen LogP contribution is 2.27. The Kier molecular flexibility index (Phi) is 5.74. The minimum Gasteiger partial charge on any atom is -0.381 e. The lowest BCUT2D eigenvalue weighted by Gasteiger charge is -2.23. The molecule has 1 aliphatic heterocycles. The Labute approximate surface area is 121 Å². The molecule has 3 heteroatoms. The lowest BCUT2D eigenvalue weighted by molar-refractivity contribution is 0.179. The topological polar surface area (TPSA) is 21.3 Å².